The topological polar surface area (TPSA) is 50.9 Å². The van der Waals surface area contributed by atoms with Gasteiger partial charge in [0.1, 0.15) is 0 Å². The molecule has 1 N–H and O–H groups in total. The van der Waals surface area contributed by atoms with E-state index < -0.39 is 0 Å². The highest BCUT2D eigenvalue weighted by Gasteiger charge is 2.16. The molecule has 0 aliphatic heterocycles. The molecule has 16 heavy (non-hydrogen) atoms. The molecule has 2 heterocycles. The molecule has 86 valence electrons. The average molecular weight is 219 g/mol. The maximum Gasteiger partial charge on any atom is 0.296 e. The number of fused-ring (bicyclic) bond motifs is 1. The molecule has 0 fully saturated rings. The van der Waals surface area contributed by atoms with E-state index in [0.717, 1.165) is 24.1 Å². The average Bonchev–Trinajstić information content (AvgIpc) is 2.57. The largest absolute Gasteiger partial charge is 0.480 e. The number of imidazole rings is 1. The first-order valence-electron chi connectivity index (χ1n) is 5.71. The molecule has 0 amide bonds. The van der Waals surface area contributed by atoms with Gasteiger partial charge in [0.15, 0.2) is 5.65 Å². The standard InChI is InChI=1S/C12H17N3O/c1-4-9(5-2)15-10-7-6-8(3)13-11(10)14-12(15)16/h6-7,9H,4-5H2,1-3H3,(H,13,14,16). The van der Waals surface area contributed by atoms with Gasteiger partial charge in [0.2, 0.25) is 0 Å². The highest BCUT2D eigenvalue weighted by Crippen LogP contribution is 2.27. The second-order valence-corrected chi connectivity index (χ2v) is 4.05. The summed E-state index contributed by atoms with van der Waals surface area (Å²) in [6, 6.07) is 4.28. The number of aromatic nitrogens is 3. The van der Waals surface area contributed by atoms with Crippen LogP contribution in [-0.2, 0) is 0 Å². The maximum atomic E-state index is 9.87. The fraction of sp³-hybridized carbons (Fsp3) is 0.500. The van der Waals surface area contributed by atoms with Gasteiger partial charge < -0.3 is 5.11 Å². The minimum absolute atomic E-state index is 0.0711. The third kappa shape index (κ3) is 1.64. The highest BCUT2D eigenvalue weighted by atomic mass is 16.3. The Labute approximate surface area is 95.0 Å². The Morgan fingerprint density at radius 3 is 2.56 bits per heavy atom. The Kier molecular flexibility index (Phi) is 2.81. The fourth-order valence-corrected chi connectivity index (χ4v) is 2.08. The molecule has 0 aliphatic rings. The summed E-state index contributed by atoms with van der Waals surface area (Å²) >= 11 is 0. The quantitative estimate of drug-likeness (QED) is 0.863. The van der Waals surface area contributed by atoms with E-state index in [1.165, 1.54) is 0 Å². The Morgan fingerprint density at radius 1 is 1.25 bits per heavy atom. The van der Waals surface area contributed by atoms with E-state index in [1.54, 1.807) is 0 Å². The van der Waals surface area contributed by atoms with Gasteiger partial charge >= 0.3 is 0 Å². The number of aryl methyl sites for hydroxylation is 1. The van der Waals surface area contributed by atoms with Crippen molar-refractivity contribution in [2.45, 2.75) is 39.7 Å². The van der Waals surface area contributed by atoms with Crippen LogP contribution in [0.15, 0.2) is 12.1 Å². The Morgan fingerprint density at radius 2 is 1.94 bits per heavy atom. The SMILES string of the molecule is CCC(CC)n1c(O)nc2nc(C)ccc21. The molecule has 2 aromatic heterocycles. The zero-order valence-electron chi connectivity index (χ0n) is 9.94. The van der Waals surface area contributed by atoms with Crippen molar-refractivity contribution in [2.24, 2.45) is 0 Å². The highest BCUT2D eigenvalue weighted by molar-refractivity contribution is 5.72. The van der Waals surface area contributed by atoms with Crippen LogP contribution in [0.3, 0.4) is 0 Å². The number of aromatic hydroxyl groups is 1. The lowest BCUT2D eigenvalue weighted by Gasteiger charge is -2.15. The van der Waals surface area contributed by atoms with E-state index in [1.807, 2.05) is 23.6 Å². The molecule has 0 spiro atoms. The van der Waals surface area contributed by atoms with Crippen LogP contribution in [0, 0.1) is 6.92 Å². The number of rotatable bonds is 3. The van der Waals surface area contributed by atoms with Gasteiger partial charge in [-0.15, -0.1) is 0 Å². The molecular formula is C12H17N3O. The lowest BCUT2D eigenvalue weighted by atomic mass is 10.1. The first-order valence-corrected chi connectivity index (χ1v) is 5.71. The summed E-state index contributed by atoms with van der Waals surface area (Å²) in [5, 5.41) is 9.87. The van der Waals surface area contributed by atoms with E-state index in [2.05, 4.69) is 23.8 Å². The smallest absolute Gasteiger partial charge is 0.296 e. The van der Waals surface area contributed by atoms with Gasteiger partial charge in [-0.3, -0.25) is 4.57 Å². The predicted octanol–water partition coefficient (Wildman–Crippen LogP) is 2.81. The maximum absolute atomic E-state index is 9.87. The Bertz CT molecular complexity index is 500. The number of nitrogens with zero attached hydrogens (tertiary/aromatic N) is 3. The third-order valence-electron chi connectivity index (χ3n) is 2.98. The molecule has 4 heteroatoms. The van der Waals surface area contributed by atoms with Crippen molar-refractivity contribution in [3.05, 3.63) is 17.8 Å². The van der Waals surface area contributed by atoms with E-state index in [-0.39, 0.29) is 12.1 Å². The molecule has 0 saturated heterocycles. The molecule has 0 saturated carbocycles. The van der Waals surface area contributed by atoms with Crippen molar-refractivity contribution in [3.63, 3.8) is 0 Å². The van der Waals surface area contributed by atoms with Crippen LogP contribution >= 0.6 is 0 Å². The number of hydrogen-bond donors (Lipinski definition) is 1. The normalized spacial score (nSPS) is 11.5. The van der Waals surface area contributed by atoms with E-state index in [4.69, 9.17) is 0 Å². The summed E-state index contributed by atoms with van der Waals surface area (Å²) in [6.45, 7) is 6.15. The second kappa shape index (κ2) is 4.12. The molecule has 0 unspecified atom stereocenters. The minimum atomic E-state index is 0.0711. The van der Waals surface area contributed by atoms with E-state index in [0.29, 0.717) is 5.65 Å². The monoisotopic (exact) mass is 219 g/mol. The van der Waals surface area contributed by atoms with Gasteiger partial charge in [0.05, 0.1) is 5.52 Å². The van der Waals surface area contributed by atoms with Crippen LogP contribution in [0.5, 0.6) is 6.01 Å². The van der Waals surface area contributed by atoms with Crippen molar-refractivity contribution in [2.75, 3.05) is 0 Å². The Balaban J connectivity index is 2.64. The molecule has 0 aromatic carbocycles. The van der Waals surface area contributed by atoms with Crippen molar-refractivity contribution in [1.29, 1.82) is 0 Å². The van der Waals surface area contributed by atoms with Gasteiger partial charge in [0.25, 0.3) is 6.01 Å². The van der Waals surface area contributed by atoms with Crippen molar-refractivity contribution < 1.29 is 5.11 Å². The summed E-state index contributed by atoms with van der Waals surface area (Å²) in [6.07, 6.45) is 1.95. The van der Waals surface area contributed by atoms with Crippen LogP contribution in [0.2, 0.25) is 0 Å². The molecule has 0 atom stereocenters. The fourth-order valence-electron chi connectivity index (χ4n) is 2.08. The summed E-state index contributed by atoms with van der Waals surface area (Å²) in [7, 11) is 0. The molecule has 0 bridgehead atoms. The van der Waals surface area contributed by atoms with Crippen molar-refractivity contribution in [3.8, 4) is 6.01 Å². The van der Waals surface area contributed by atoms with Crippen LogP contribution in [0.4, 0.5) is 0 Å². The van der Waals surface area contributed by atoms with Crippen molar-refractivity contribution in [1.82, 2.24) is 14.5 Å². The lowest BCUT2D eigenvalue weighted by Crippen LogP contribution is -2.06. The molecule has 4 nitrogen and oxygen atoms in total. The molecular weight excluding hydrogens is 202 g/mol. The van der Waals surface area contributed by atoms with Crippen LogP contribution in [0.25, 0.3) is 11.2 Å². The zero-order valence-corrected chi connectivity index (χ0v) is 9.94. The molecule has 2 aromatic rings. The number of hydrogen-bond acceptors (Lipinski definition) is 3. The molecule has 0 radical (unpaired) electrons. The van der Waals surface area contributed by atoms with Gasteiger partial charge in [-0.2, -0.15) is 4.98 Å². The van der Waals surface area contributed by atoms with Gasteiger partial charge in [-0.1, -0.05) is 13.8 Å². The Hall–Kier alpha value is -1.58. The van der Waals surface area contributed by atoms with Crippen LogP contribution < -0.4 is 0 Å². The van der Waals surface area contributed by atoms with Gasteiger partial charge in [0, 0.05) is 11.7 Å². The third-order valence-corrected chi connectivity index (χ3v) is 2.98. The lowest BCUT2D eigenvalue weighted by molar-refractivity contribution is 0.361. The van der Waals surface area contributed by atoms with Crippen LogP contribution in [0.1, 0.15) is 38.4 Å². The summed E-state index contributed by atoms with van der Waals surface area (Å²) in [4.78, 5) is 8.41. The molecule has 0 aliphatic carbocycles. The van der Waals surface area contributed by atoms with Crippen molar-refractivity contribution >= 4 is 11.2 Å². The van der Waals surface area contributed by atoms with Gasteiger partial charge in [-0.05, 0) is 31.9 Å². The minimum Gasteiger partial charge on any atom is -0.480 e. The predicted molar refractivity (Wildman–Crippen MR) is 63.5 cm³/mol. The summed E-state index contributed by atoms with van der Waals surface area (Å²) in [5.41, 5.74) is 2.46. The first kappa shape index (κ1) is 10.9. The number of pyridine rings is 1. The summed E-state index contributed by atoms with van der Waals surface area (Å²) < 4.78 is 1.88. The van der Waals surface area contributed by atoms with Crippen LogP contribution in [-0.4, -0.2) is 19.6 Å². The second-order valence-electron chi connectivity index (χ2n) is 4.05. The van der Waals surface area contributed by atoms with E-state index >= 15 is 0 Å². The first-order chi connectivity index (χ1) is 7.67. The zero-order chi connectivity index (χ0) is 11.7. The van der Waals surface area contributed by atoms with E-state index in [9.17, 15) is 5.11 Å². The summed E-state index contributed by atoms with van der Waals surface area (Å²) in [5.74, 6) is 0. The molecule has 2 rings (SSSR count). The van der Waals surface area contributed by atoms with Gasteiger partial charge in [-0.25, -0.2) is 4.98 Å².